The van der Waals surface area contributed by atoms with E-state index in [4.69, 9.17) is 4.42 Å². The number of fused-ring (bicyclic) bond motifs is 1. The highest BCUT2D eigenvalue weighted by Gasteiger charge is 2.10. The molecule has 0 unspecified atom stereocenters. The molecule has 3 rings (SSSR count). The van der Waals surface area contributed by atoms with Gasteiger partial charge in [-0.05, 0) is 30.7 Å². The minimum absolute atomic E-state index is 0.200. The van der Waals surface area contributed by atoms with E-state index < -0.39 is 5.76 Å². The lowest BCUT2D eigenvalue weighted by Crippen LogP contribution is -2.22. The van der Waals surface area contributed by atoms with Gasteiger partial charge in [-0.15, -0.1) is 0 Å². The number of oxazole rings is 1. The Morgan fingerprint density at radius 2 is 1.91 bits per heavy atom. The molecule has 112 valence electrons. The SMILES string of the molecule is Cc1ccc(CNC(=O)c2ccc3c(c2)oc(=O)n3C)cc1. The molecule has 0 bridgehead atoms. The maximum atomic E-state index is 12.2. The normalized spacial score (nSPS) is 10.8. The topological polar surface area (TPSA) is 64.2 Å². The fourth-order valence-corrected chi connectivity index (χ4v) is 2.27. The molecule has 3 aromatic rings. The predicted octanol–water partition coefficient (Wildman–Crippen LogP) is 2.37. The molecular weight excluding hydrogens is 280 g/mol. The molecule has 0 radical (unpaired) electrons. The van der Waals surface area contributed by atoms with Crippen molar-refractivity contribution < 1.29 is 9.21 Å². The lowest BCUT2D eigenvalue weighted by molar-refractivity contribution is 0.0951. The van der Waals surface area contributed by atoms with E-state index in [1.54, 1.807) is 25.2 Å². The Kier molecular flexibility index (Phi) is 3.55. The second-order valence-electron chi connectivity index (χ2n) is 5.28. The third-order valence-corrected chi connectivity index (χ3v) is 3.63. The van der Waals surface area contributed by atoms with Crippen molar-refractivity contribution in [2.75, 3.05) is 0 Å². The highest BCUT2D eigenvalue weighted by molar-refractivity contribution is 5.97. The summed E-state index contributed by atoms with van der Waals surface area (Å²) < 4.78 is 6.50. The summed E-state index contributed by atoms with van der Waals surface area (Å²) in [5, 5.41) is 2.86. The van der Waals surface area contributed by atoms with E-state index in [1.165, 1.54) is 10.1 Å². The first-order valence-corrected chi connectivity index (χ1v) is 6.98. The van der Waals surface area contributed by atoms with Crippen molar-refractivity contribution in [1.82, 2.24) is 9.88 Å². The highest BCUT2D eigenvalue weighted by atomic mass is 16.4. The van der Waals surface area contributed by atoms with E-state index in [9.17, 15) is 9.59 Å². The predicted molar refractivity (Wildman–Crippen MR) is 83.8 cm³/mol. The molecule has 0 saturated heterocycles. The molecule has 0 saturated carbocycles. The molecule has 2 aromatic carbocycles. The van der Waals surface area contributed by atoms with E-state index >= 15 is 0 Å². The summed E-state index contributed by atoms with van der Waals surface area (Å²) >= 11 is 0. The number of aryl methyl sites for hydroxylation is 2. The number of nitrogens with one attached hydrogen (secondary N) is 1. The summed E-state index contributed by atoms with van der Waals surface area (Å²) in [7, 11) is 1.63. The van der Waals surface area contributed by atoms with E-state index in [1.807, 2.05) is 31.2 Å². The molecule has 1 N–H and O–H groups in total. The zero-order chi connectivity index (χ0) is 15.7. The first kappa shape index (κ1) is 14.1. The minimum Gasteiger partial charge on any atom is -0.408 e. The quantitative estimate of drug-likeness (QED) is 0.807. The average molecular weight is 296 g/mol. The van der Waals surface area contributed by atoms with Crippen molar-refractivity contribution in [2.45, 2.75) is 13.5 Å². The Labute approximate surface area is 127 Å². The third-order valence-electron chi connectivity index (χ3n) is 3.63. The Hall–Kier alpha value is -2.82. The highest BCUT2D eigenvalue weighted by Crippen LogP contribution is 2.14. The summed E-state index contributed by atoms with van der Waals surface area (Å²) in [6.07, 6.45) is 0. The van der Waals surface area contributed by atoms with Crippen LogP contribution in [0, 0.1) is 6.92 Å². The van der Waals surface area contributed by atoms with Crippen LogP contribution in [-0.2, 0) is 13.6 Å². The van der Waals surface area contributed by atoms with Gasteiger partial charge >= 0.3 is 5.76 Å². The molecule has 0 fully saturated rings. The maximum absolute atomic E-state index is 12.2. The Morgan fingerprint density at radius 1 is 1.18 bits per heavy atom. The number of hydrogen-bond donors (Lipinski definition) is 1. The number of benzene rings is 2. The van der Waals surface area contributed by atoms with Gasteiger partial charge in [-0.2, -0.15) is 0 Å². The molecule has 22 heavy (non-hydrogen) atoms. The average Bonchev–Trinajstić information content (AvgIpc) is 2.80. The standard InChI is InChI=1S/C17H16N2O3/c1-11-3-5-12(6-4-11)10-18-16(20)13-7-8-14-15(9-13)22-17(21)19(14)2/h3-9H,10H2,1-2H3,(H,18,20). The summed E-state index contributed by atoms with van der Waals surface area (Å²) in [6, 6.07) is 13.0. The van der Waals surface area contributed by atoms with Crippen molar-refractivity contribution >= 4 is 17.0 Å². The van der Waals surface area contributed by atoms with Crippen LogP contribution in [-0.4, -0.2) is 10.5 Å². The number of carbonyl (C=O) groups is 1. The van der Waals surface area contributed by atoms with Crippen LogP contribution in [0.4, 0.5) is 0 Å². The minimum atomic E-state index is -0.438. The number of nitrogens with zero attached hydrogens (tertiary/aromatic N) is 1. The Morgan fingerprint density at radius 3 is 2.64 bits per heavy atom. The smallest absolute Gasteiger partial charge is 0.408 e. The van der Waals surface area contributed by atoms with Crippen LogP contribution in [0.2, 0.25) is 0 Å². The van der Waals surface area contributed by atoms with Crippen LogP contribution < -0.4 is 11.1 Å². The van der Waals surface area contributed by atoms with E-state index in [0.29, 0.717) is 23.2 Å². The van der Waals surface area contributed by atoms with Crippen LogP contribution in [0.25, 0.3) is 11.1 Å². The van der Waals surface area contributed by atoms with Crippen molar-refractivity contribution in [1.29, 1.82) is 0 Å². The molecule has 0 aliphatic carbocycles. The van der Waals surface area contributed by atoms with Gasteiger partial charge in [-0.25, -0.2) is 4.79 Å². The van der Waals surface area contributed by atoms with Gasteiger partial charge in [0.2, 0.25) is 0 Å². The number of amides is 1. The van der Waals surface area contributed by atoms with Crippen LogP contribution in [0.3, 0.4) is 0 Å². The zero-order valence-electron chi connectivity index (χ0n) is 12.4. The van der Waals surface area contributed by atoms with Crippen LogP contribution in [0.15, 0.2) is 51.7 Å². The Bertz CT molecular complexity index is 888. The van der Waals surface area contributed by atoms with Crippen LogP contribution in [0.1, 0.15) is 21.5 Å². The lowest BCUT2D eigenvalue weighted by atomic mass is 10.1. The van der Waals surface area contributed by atoms with Crippen molar-refractivity contribution in [3.05, 3.63) is 69.7 Å². The van der Waals surface area contributed by atoms with Gasteiger partial charge in [0, 0.05) is 19.2 Å². The van der Waals surface area contributed by atoms with Gasteiger partial charge < -0.3 is 9.73 Å². The second-order valence-corrected chi connectivity index (χ2v) is 5.28. The maximum Gasteiger partial charge on any atom is 0.419 e. The molecule has 5 heteroatoms. The molecule has 0 spiro atoms. The molecule has 0 aliphatic rings. The fraction of sp³-hybridized carbons (Fsp3) is 0.176. The first-order chi connectivity index (χ1) is 10.5. The number of carbonyl (C=O) groups excluding carboxylic acids is 1. The lowest BCUT2D eigenvalue weighted by Gasteiger charge is -2.06. The van der Waals surface area contributed by atoms with E-state index in [2.05, 4.69) is 5.32 Å². The van der Waals surface area contributed by atoms with E-state index in [0.717, 1.165) is 5.56 Å². The fourth-order valence-electron chi connectivity index (χ4n) is 2.27. The van der Waals surface area contributed by atoms with Gasteiger partial charge in [0.25, 0.3) is 5.91 Å². The van der Waals surface area contributed by atoms with Crippen molar-refractivity contribution in [3.8, 4) is 0 Å². The van der Waals surface area contributed by atoms with Crippen LogP contribution in [0.5, 0.6) is 0 Å². The summed E-state index contributed by atoms with van der Waals surface area (Å²) in [5.41, 5.74) is 3.76. The molecule has 1 amide bonds. The van der Waals surface area contributed by atoms with Crippen molar-refractivity contribution in [2.24, 2.45) is 7.05 Å². The molecular formula is C17H16N2O3. The largest absolute Gasteiger partial charge is 0.419 e. The summed E-state index contributed by atoms with van der Waals surface area (Å²) in [6.45, 7) is 2.47. The first-order valence-electron chi connectivity index (χ1n) is 6.98. The van der Waals surface area contributed by atoms with Gasteiger partial charge in [-0.3, -0.25) is 9.36 Å². The van der Waals surface area contributed by atoms with Gasteiger partial charge in [0.05, 0.1) is 5.52 Å². The number of aromatic nitrogens is 1. The van der Waals surface area contributed by atoms with Gasteiger partial charge in [0.1, 0.15) is 0 Å². The number of hydrogen-bond acceptors (Lipinski definition) is 3. The zero-order valence-corrected chi connectivity index (χ0v) is 12.4. The Balaban J connectivity index is 1.77. The molecule has 5 nitrogen and oxygen atoms in total. The monoisotopic (exact) mass is 296 g/mol. The molecule has 0 atom stereocenters. The van der Waals surface area contributed by atoms with Crippen molar-refractivity contribution in [3.63, 3.8) is 0 Å². The third kappa shape index (κ3) is 2.65. The number of rotatable bonds is 3. The summed E-state index contributed by atoms with van der Waals surface area (Å²) in [5.74, 6) is -0.638. The second kappa shape index (κ2) is 5.52. The van der Waals surface area contributed by atoms with Gasteiger partial charge in [-0.1, -0.05) is 29.8 Å². The van der Waals surface area contributed by atoms with E-state index in [-0.39, 0.29) is 5.91 Å². The van der Waals surface area contributed by atoms with Gasteiger partial charge in [0.15, 0.2) is 5.58 Å². The summed E-state index contributed by atoms with van der Waals surface area (Å²) in [4.78, 5) is 23.6. The molecule has 0 aliphatic heterocycles. The molecule has 1 aromatic heterocycles. The van der Waals surface area contributed by atoms with Crippen LogP contribution >= 0.6 is 0 Å². The molecule has 1 heterocycles.